The van der Waals surface area contributed by atoms with Gasteiger partial charge in [-0.1, -0.05) is 32.0 Å². The molecule has 2 heterocycles. The molecule has 1 N–H and O–H groups in total. The molecule has 0 radical (unpaired) electrons. The zero-order valence-electron chi connectivity index (χ0n) is 13.2. The van der Waals surface area contributed by atoms with Gasteiger partial charge in [0.05, 0.1) is 0 Å². The summed E-state index contributed by atoms with van der Waals surface area (Å²) in [7, 11) is 0. The lowest BCUT2D eigenvalue weighted by molar-refractivity contribution is -0.140. The van der Waals surface area contributed by atoms with Crippen LogP contribution < -0.4 is 0 Å². The SMILES string of the molecule is CCCc1nnc(-c2cc3ccccc3n2C(CC)C(=O)O)o1. The first kappa shape index (κ1) is 15.3. The number of aromatic nitrogens is 3. The number of para-hydroxylation sites is 1. The van der Waals surface area contributed by atoms with E-state index in [1.165, 1.54) is 0 Å². The highest BCUT2D eigenvalue weighted by atomic mass is 16.4. The summed E-state index contributed by atoms with van der Waals surface area (Å²) in [5, 5.41) is 18.7. The number of hydrogen-bond donors (Lipinski definition) is 1. The van der Waals surface area contributed by atoms with Crippen LogP contribution in [0.3, 0.4) is 0 Å². The highest BCUT2D eigenvalue weighted by molar-refractivity contribution is 5.88. The smallest absolute Gasteiger partial charge is 0.326 e. The predicted octanol–water partition coefficient (Wildman–Crippen LogP) is 3.68. The molecule has 1 atom stereocenters. The Bertz CT molecular complexity index is 835. The first-order valence-corrected chi connectivity index (χ1v) is 7.81. The van der Waals surface area contributed by atoms with Crippen LogP contribution in [0.2, 0.25) is 0 Å². The topological polar surface area (TPSA) is 81.2 Å². The average Bonchev–Trinajstić information content (AvgIpc) is 3.13. The minimum absolute atomic E-state index is 0.365. The molecule has 0 saturated carbocycles. The number of nitrogens with zero attached hydrogens (tertiary/aromatic N) is 3. The highest BCUT2D eigenvalue weighted by Gasteiger charge is 2.25. The van der Waals surface area contributed by atoms with Crippen molar-refractivity contribution in [2.75, 3.05) is 0 Å². The highest BCUT2D eigenvalue weighted by Crippen LogP contribution is 2.32. The van der Waals surface area contributed by atoms with Gasteiger partial charge < -0.3 is 14.1 Å². The quantitative estimate of drug-likeness (QED) is 0.750. The van der Waals surface area contributed by atoms with E-state index in [0.717, 1.165) is 17.3 Å². The number of aliphatic carboxylic acids is 1. The Balaban J connectivity index is 2.20. The van der Waals surface area contributed by atoms with Gasteiger partial charge in [-0.15, -0.1) is 10.2 Å². The zero-order chi connectivity index (χ0) is 16.4. The molecule has 0 spiro atoms. The van der Waals surface area contributed by atoms with E-state index in [4.69, 9.17) is 4.42 Å². The fourth-order valence-electron chi connectivity index (χ4n) is 2.82. The minimum Gasteiger partial charge on any atom is -0.480 e. The van der Waals surface area contributed by atoms with Gasteiger partial charge in [-0.05, 0) is 25.0 Å². The summed E-state index contributed by atoms with van der Waals surface area (Å²) in [5.74, 6) is 0.0652. The van der Waals surface area contributed by atoms with Crippen molar-refractivity contribution in [2.45, 2.75) is 39.2 Å². The van der Waals surface area contributed by atoms with E-state index < -0.39 is 12.0 Å². The minimum atomic E-state index is -0.872. The normalized spacial score (nSPS) is 12.6. The van der Waals surface area contributed by atoms with Gasteiger partial charge in [0.15, 0.2) is 0 Å². The van der Waals surface area contributed by atoms with Gasteiger partial charge in [-0.3, -0.25) is 0 Å². The maximum Gasteiger partial charge on any atom is 0.326 e. The van der Waals surface area contributed by atoms with Gasteiger partial charge in [-0.2, -0.15) is 0 Å². The molecule has 3 aromatic rings. The van der Waals surface area contributed by atoms with Crippen LogP contribution in [-0.4, -0.2) is 25.8 Å². The number of carboxylic acids is 1. The van der Waals surface area contributed by atoms with Gasteiger partial charge in [0, 0.05) is 17.3 Å². The molecule has 0 aliphatic heterocycles. The second kappa shape index (κ2) is 6.24. The maximum atomic E-state index is 11.7. The molecule has 1 unspecified atom stereocenters. The van der Waals surface area contributed by atoms with Gasteiger partial charge in [0.25, 0.3) is 5.89 Å². The van der Waals surface area contributed by atoms with Crippen molar-refractivity contribution in [3.63, 3.8) is 0 Å². The number of benzene rings is 1. The van der Waals surface area contributed by atoms with Gasteiger partial charge in [0.2, 0.25) is 5.89 Å². The van der Waals surface area contributed by atoms with E-state index in [2.05, 4.69) is 10.2 Å². The van der Waals surface area contributed by atoms with Crippen molar-refractivity contribution in [1.82, 2.24) is 14.8 Å². The molecule has 120 valence electrons. The number of aryl methyl sites for hydroxylation is 1. The van der Waals surface area contributed by atoms with Crippen molar-refractivity contribution in [3.8, 4) is 11.6 Å². The number of hydrogen-bond acceptors (Lipinski definition) is 4. The van der Waals surface area contributed by atoms with Crippen molar-refractivity contribution in [3.05, 3.63) is 36.2 Å². The molecule has 0 bridgehead atoms. The van der Waals surface area contributed by atoms with Crippen LogP contribution in [0.25, 0.3) is 22.5 Å². The molecule has 2 aromatic heterocycles. The van der Waals surface area contributed by atoms with Gasteiger partial charge in [0.1, 0.15) is 11.7 Å². The third-order valence-corrected chi connectivity index (χ3v) is 3.88. The molecule has 23 heavy (non-hydrogen) atoms. The summed E-state index contributed by atoms with van der Waals surface area (Å²) in [5.41, 5.74) is 1.50. The van der Waals surface area contributed by atoms with Crippen LogP contribution >= 0.6 is 0 Å². The number of rotatable bonds is 6. The Morgan fingerprint density at radius 3 is 2.78 bits per heavy atom. The fraction of sp³-hybridized carbons (Fsp3) is 0.353. The van der Waals surface area contributed by atoms with Gasteiger partial charge >= 0.3 is 5.97 Å². The summed E-state index contributed by atoms with van der Waals surface area (Å²) in [4.78, 5) is 11.7. The predicted molar refractivity (Wildman–Crippen MR) is 86.2 cm³/mol. The van der Waals surface area contributed by atoms with E-state index in [-0.39, 0.29) is 0 Å². The maximum absolute atomic E-state index is 11.7. The van der Waals surface area contributed by atoms with Gasteiger partial charge in [-0.25, -0.2) is 4.79 Å². The third kappa shape index (κ3) is 2.72. The Kier molecular flexibility index (Phi) is 4.14. The molecule has 0 aliphatic rings. The van der Waals surface area contributed by atoms with E-state index in [9.17, 15) is 9.90 Å². The van der Waals surface area contributed by atoms with Crippen LogP contribution in [-0.2, 0) is 11.2 Å². The Morgan fingerprint density at radius 1 is 1.30 bits per heavy atom. The fourth-order valence-corrected chi connectivity index (χ4v) is 2.82. The molecule has 3 rings (SSSR count). The lowest BCUT2D eigenvalue weighted by Crippen LogP contribution is -2.18. The average molecular weight is 313 g/mol. The van der Waals surface area contributed by atoms with E-state index >= 15 is 0 Å². The molecule has 6 nitrogen and oxygen atoms in total. The number of carboxylic acid groups (broad SMARTS) is 1. The second-order valence-electron chi connectivity index (χ2n) is 5.47. The van der Waals surface area contributed by atoms with Crippen molar-refractivity contribution < 1.29 is 14.3 Å². The monoisotopic (exact) mass is 313 g/mol. The Morgan fingerprint density at radius 2 is 2.09 bits per heavy atom. The summed E-state index contributed by atoms with van der Waals surface area (Å²) < 4.78 is 7.50. The molecule has 0 aliphatic carbocycles. The standard InChI is InChI=1S/C17H19N3O3/c1-3-7-15-18-19-16(23-15)14-10-11-8-5-6-9-13(11)20(14)12(4-2)17(21)22/h5-6,8-10,12H,3-4,7H2,1-2H3,(H,21,22). The van der Waals surface area contributed by atoms with Crippen molar-refractivity contribution in [2.24, 2.45) is 0 Å². The lowest BCUT2D eigenvalue weighted by atomic mass is 10.2. The Hall–Kier alpha value is -2.63. The first-order chi connectivity index (χ1) is 11.2. The molecule has 0 fully saturated rings. The van der Waals surface area contributed by atoms with E-state index in [1.54, 1.807) is 4.57 Å². The first-order valence-electron chi connectivity index (χ1n) is 7.81. The van der Waals surface area contributed by atoms with Crippen molar-refractivity contribution in [1.29, 1.82) is 0 Å². The van der Waals surface area contributed by atoms with Crippen LogP contribution in [0.5, 0.6) is 0 Å². The Labute approximate surface area is 133 Å². The summed E-state index contributed by atoms with van der Waals surface area (Å²) in [6.45, 7) is 3.89. The molecular formula is C17H19N3O3. The van der Waals surface area contributed by atoms with Crippen LogP contribution in [0.15, 0.2) is 34.7 Å². The van der Waals surface area contributed by atoms with E-state index in [1.807, 2.05) is 44.2 Å². The molecular weight excluding hydrogens is 294 g/mol. The zero-order valence-corrected chi connectivity index (χ0v) is 13.2. The molecule has 6 heteroatoms. The molecule has 0 amide bonds. The molecule has 1 aromatic carbocycles. The number of fused-ring (bicyclic) bond motifs is 1. The largest absolute Gasteiger partial charge is 0.480 e. The summed E-state index contributed by atoms with van der Waals surface area (Å²) in [6.07, 6.45) is 2.09. The van der Waals surface area contributed by atoms with E-state index in [0.29, 0.717) is 30.3 Å². The molecule has 0 saturated heterocycles. The number of carbonyl (C=O) groups is 1. The van der Waals surface area contributed by atoms with Crippen molar-refractivity contribution >= 4 is 16.9 Å². The summed E-state index contributed by atoms with van der Waals surface area (Å²) >= 11 is 0. The summed E-state index contributed by atoms with van der Waals surface area (Å²) in [6, 6.07) is 8.92. The second-order valence-corrected chi connectivity index (χ2v) is 5.47. The lowest BCUT2D eigenvalue weighted by Gasteiger charge is -2.16. The van der Waals surface area contributed by atoms with Crippen LogP contribution in [0.1, 0.15) is 38.6 Å². The third-order valence-electron chi connectivity index (χ3n) is 3.88. The van der Waals surface area contributed by atoms with Crippen LogP contribution in [0, 0.1) is 0 Å². The van der Waals surface area contributed by atoms with Crippen LogP contribution in [0.4, 0.5) is 0 Å².